The molecule has 0 spiro atoms. The van der Waals surface area contributed by atoms with Gasteiger partial charge in [-0.1, -0.05) is 164 Å². The molecule has 8 heteroatoms. The molecule has 0 heterocycles. The predicted octanol–water partition coefficient (Wildman–Crippen LogP) is 11.8. The van der Waals surface area contributed by atoms with Crippen molar-refractivity contribution >= 4 is 17.9 Å². The van der Waals surface area contributed by atoms with Crippen LogP contribution in [0, 0.1) is 0 Å². The molecule has 0 fully saturated rings. The van der Waals surface area contributed by atoms with Crippen molar-refractivity contribution in [2.75, 3.05) is 41.0 Å². The lowest BCUT2D eigenvalue weighted by Crippen LogP contribution is -2.50. The fourth-order valence-corrected chi connectivity index (χ4v) is 6.08. The molecule has 316 valence electrons. The van der Waals surface area contributed by atoms with E-state index in [0.29, 0.717) is 19.3 Å². The second-order valence-electron chi connectivity index (χ2n) is 15.6. The first-order valence-electron chi connectivity index (χ1n) is 21.8. The predicted molar refractivity (Wildman–Crippen MR) is 229 cm³/mol. The van der Waals surface area contributed by atoms with Gasteiger partial charge in [0.05, 0.1) is 34.4 Å². The van der Waals surface area contributed by atoms with Gasteiger partial charge in [-0.3, -0.25) is 9.59 Å². The summed E-state index contributed by atoms with van der Waals surface area (Å²) in [5, 5.41) is 9.61. The van der Waals surface area contributed by atoms with E-state index in [1.54, 1.807) is 0 Å². The second kappa shape index (κ2) is 37.9. The number of carbonyl (C=O) groups is 3. The van der Waals surface area contributed by atoms with E-state index < -0.39 is 18.1 Å². The van der Waals surface area contributed by atoms with Gasteiger partial charge >= 0.3 is 17.9 Å². The monoisotopic (exact) mass is 773 g/mol. The Morgan fingerprint density at radius 2 is 1.02 bits per heavy atom. The summed E-state index contributed by atoms with van der Waals surface area (Å²) < 4.78 is 17.2. The number of hydrogen-bond acceptors (Lipinski definition) is 6. The minimum absolute atomic E-state index is 0.0309. The lowest BCUT2D eigenvalue weighted by molar-refractivity contribution is -0.887. The van der Waals surface area contributed by atoms with E-state index in [4.69, 9.17) is 14.2 Å². The van der Waals surface area contributed by atoms with E-state index in [-0.39, 0.29) is 42.7 Å². The molecule has 0 aromatic carbocycles. The highest BCUT2D eigenvalue weighted by atomic mass is 16.6. The Kier molecular flexibility index (Phi) is 35.9. The van der Waals surface area contributed by atoms with Gasteiger partial charge < -0.3 is 23.8 Å². The Labute approximate surface area is 337 Å². The summed E-state index contributed by atoms with van der Waals surface area (Å²) in [6.07, 6.45) is 45.6. The van der Waals surface area contributed by atoms with Crippen molar-refractivity contribution in [1.29, 1.82) is 0 Å². The summed E-state index contributed by atoms with van der Waals surface area (Å²) in [7, 11) is 5.50. The maximum Gasteiger partial charge on any atom is 0.362 e. The summed E-state index contributed by atoms with van der Waals surface area (Å²) in [6.45, 7) is 4.54. The molecule has 8 nitrogen and oxygen atoms in total. The number of ether oxygens (including phenoxy) is 3. The van der Waals surface area contributed by atoms with Crippen molar-refractivity contribution in [2.45, 2.75) is 180 Å². The third-order valence-corrected chi connectivity index (χ3v) is 9.45. The summed E-state index contributed by atoms with van der Waals surface area (Å²) in [5.74, 6) is -1.57. The Balaban J connectivity index is 4.46. The SMILES string of the molecule is CC/C=C/C/C=C/C/C=C/C/C=C/C/C=C/CCC(=O)OC(COCCC(C(=O)O)[N+](C)(C)C)COC(=O)CCCCCCCCCCCCCCCCC. The molecule has 0 aromatic rings. The van der Waals surface area contributed by atoms with Crippen molar-refractivity contribution in [3.63, 3.8) is 0 Å². The van der Waals surface area contributed by atoms with E-state index in [9.17, 15) is 19.5 Å². The van der Waals surface area contributed by atoms with Crippen molar-refractivity contribution in [2.24, 2.45) is 0 Å². The Morgan fingerprint density at radius 1 is 0.564 bits per heavy atom. The van der Waals surface area contributed by atoms with Crippen molar-refractivity contribution in [1.82, 2.24) is 0 Å². The van der Waals surface area contributed by atoms with E-state index in [1.165, 1.54) is 77.0 Å². The van der Waals surface area contributed by atoms with Gasteiger partial charge in [0.1, 0.15) is 6.61 Å². The highest BCUT2D eigenvalue weighted by molar-refractivity contribution is 5.72. The van der Waals surface area contributed by atoms with Gasteiger partial charge in [0.2, 0.25) is 0 Å². The topological polar surface area (TPSA) is 99.1 Å². The summed E-state index contributed by atoms with van der Waals surface area (Å²) in [6, 6.07) is -0.628. The normalized spacial score (nSPS) is 13.5. The molecule has 0 bridgehead atoms. The molecule has 0 aromatic heterocycles. The number of nitrogens with zero attached hydrogens (tertiary/aromatic N) is 1. The van der Waals surface area contributed by atoms with Crippen molar-refractivity contribution in [3.05, 3.63) is 60.8 Å². The summed E-state index contributed by atoms with van der Waals surface area (Å²) in [5.41, 5.74) is 0. The molecule has 0 amide bonds. The van der Waals surface area contributed by atoms with E-state index in [1.807, 2.05) is 33.3 Å². The zero-order valence-electron chi connectivity index (χ0n) is 35.9. The standard InChI is InChI=1S/C47H81NO7/c1-6-8-10-12-14-16-18-20-22-24-26-28-30-32-34-36-38-46(50)55-43(41-53-40-39-44(47(51)52)48(3,4)5)42-54-45(49)37-35-33-31-29-27-25-23-21-19-17-15-13-11-9-7-2/h8,10,14,16,20,22,26,28,32,34,43-44H,6-7,9,11-13,15,17-19,21,23-25,27,29-31,33,35-42H2,1-5H3/p+1/b10-8+,16-14+,22-20+,28-26+,34-32+. The quantitative estimate of drug-likeness (QED) is 0.0289. The molecular weight excluding hydrogens is 691 g/mol. The van der Waals surface area contributed by atoms with Crippen LogP contribution in [0.25, 0.3) is 0 Å². The van der Waals surface area contributed by atoms with Crippen LogP contribution >= 0.6 is 0 Å². The van der Waals surface area contributed by atoms with Crippen LogP contribution in [0.1, 0.15) is 168 Å². The summed E-state index contributed by atoms with van der Waals surface area (Å²) >= 11 is 0. The minimum atomic E-state index is -0.887. The molecule has 2 unspecified atom stereocenters. The van der Waals surface area contributed by atoms with Gasteiger partial charge in [0, 0.05) is 19.3 Å². The fraction of sp³-hybridized carbons (Fsp3) is 0.723. The maximum absolute atomic E-state index is 12.7. The number of quaternary nitrogens is 1. The van der Waals surface area contributed by atoms with Gasteiger partial charge in [-0.15, -0.1) is 0 Å². The van der Waals surface area contributed by atoms with E-state index >= 15 is 0 Å². The van der Waals surface area contributed by atoms with Crippen LogP contribution in [0.15, 0.2) is 60.8 Å². The van der Waals surface area contributed by atoms with Crippen LogP contribution in [0.3, 0.4) is 0 Å². The highest BCUT2D eigenvalue weighted by Gasteiger charge is 2.31. The Morgan fingerprint density at radius 3 is 1.47 bits per heavy atom. The van der Waals surface area contributed by atoms with Gasteiger partial charge in [0.15, 0.2) is 12.1 Å². The number of carboxylic acid groups (broad SMARTS) is 1. The molecule has 0 aliphatic rings. The van der Waals surface area contributed by atoms with Crippen LogP contribution in [0.2, 0.25) is 0 Å². The Hall–Kier alpha value is -2.97. The van der Waals surface area contributed by atoms with Crippen LogP contribution in [0.5, 0.6) is 0 Å². The third-order valence-electron chi connectivity index (χ3n) is 9.45. The third kappa shape index (κ3) is 36.4. The zero-order valence-corrected chi connectivity index (χ0v) is 35.9. The van der Waals surface area contributed by atoms with Crippen LogP contribution in [0.4, 0.5) is 0 Å². The average molecular weight is 773 g/mol. The number of carboxylic acids is 1. The molecule has 0 radical (unpaired) electrons. The molecule has 0 saturated carbocycles. The van der Waals surface area contributed by atoms with Crippen LogP contribution in [-0.4, -0.2) is 80.6 Å². The van der Waals surface area contributed by atoms with Crippen LogP contribution < -0.4 is 0 Å². The van der Waals surface area contributed by atoms with Crippen molar-refractivity contribution < 1.29 is 38.2 Å². The van der Waals surface area contributed by atoms with Crippen molar-refractivity contribution in [3.8, 4) is 0 Å². The molecular formula is C47H82NO7+. The number of likely N-dealkylation sites (N-methyl/N-ethyl adjacent to an activating group) is 1. The van der Waals surface area contributed by atoms with E-state index in [2.05, 4.69) is 62.5 Å². The first kappa shape index (κ1) is 52.0. The van der Waals surface area contributed by atoms with Gasteiger partial charge in [-0.2, -0.15) is 0 Å². The maximum atomic E-state index is 12.7. The fourth-order valence-electron chi connectivity index (χ4n) is 6.08. The molecule has 0 aliphatic carbocycles. The molecule has 0 saturated heterocycles. The van der Waals surface area contributed by atoms with Gasteiger partial charge in [-0.25, -0.2) is 4.79 Å². The molecule has 55 heavy (non-hydrogen) atoms. The van der Waals surface area contributed by atoms with Gasteiger partial charge in [0.25, 0.3) is 0 Å². The smallest absolute Gasteiger partial charge is 0.362 e. The zero-order chi connectivity index (χ0) is 40.7. The number of aliphatic carboxylic acids is 1. The lowest BCUT2D eigenvalue weighted by atomic mass is 10.0. The molecule has 2 atom stereocenters. The number of carbonyl (C=O) groups excluding carboxylic acids is 2. The number of unbranched alkanes of at least 4 members (excludes halogenated alkanes) is 14. The van der Waals surface area contributed by atoms with E-state index in [0.717, 1.165) is 51.4 Å². The first-order chi connectivity index (χ1) is 26.6. The highest BCUT2D eigenvalue weighted by Crippen LogP contribution is 2.14. The number of rotatable bonds is 38. The average Bonchev–Trinajstić information content (AvgIpc) is 3.14. The largest absolute Gasteiger partial charge is 0.477 e. The number of allylic oxidation sites excluding steroid dienone is 10. The lowest BCUT2D eigenvalue weighted by Gasteiger charge is -2.31. The Bertz CT molecular complexity index is 1090. The minimum Gasteiger partial charge on any atom is -0.477 e. The first-order valence-corrected chi connectivity index (χ1v) is 21.8. The van der Waals surface area contributed by atoms with Gasteiger partial charge in [-0.05, 0) is 44.9 Å². The number of esters is 2. The molecule has 0 rings (SSSR count). The summed E-state index contributed by atoms with van der Waals surface area (Å²) in [4.78, 5) is 36.9. The molecule has 0 aliphatic heterocycles. The van der Waals surface area contributed by atoms with Crippen LogP contribution in [-0.2, 0) is 28.6 Å². The second-order valence-corrected chi connectivity index (χ2v) is 15.6. The number of hydrogen-bond donors (Lipinski definition) is 1. The molecule has 1 N–H and O–H groups in total.